The number of sulfone groups is 1. The SMILES string of the molecule is CC1(C)OB(c2cccc(CS(C)(=O)=O)n2)OC1(C)C. The molecule has 0 bridgehead atoms. The minimum Gasteiger partial charge on any atom is -0.398 e. The molecular formula is C13H20BNO4S. The molecule has 1 aliphatic heterocycles. The Morgan fingerprint density at radius 3 is 2.20 bits per heavy atom. The summed E-state index contributed by atoms with van der Waals surface area (Å²) < 4.78 is 34.5. The topological polar surface area (TPSA) is 65.5 Å². The van der Waals surface area contributed by atoms with Crippen molar-refractivity contribution in [3.63, 3.8) is 0 Å². The smallest absolute Gasteiger partial charge is 0.398 e. The van der Waals surface area contributed by atoms with Crippen LogP contribution < -0.4 is 5.59 Å². The van der Waals surface area contributed by atoms with Crippen molar-refractivity contribution in [1.29, 1.82) is 0 Å². The molecule has 0 amide bonds. The first-order valence-corrected chi connectivity index (χ1v) is 8.55. The third-order valence-corrected chi connectivity index (χ3v) is 4.55. The highest BCUT2D eigenvalue weighted by Crippen LogP contribution is 2.36. The van der Waals surface area contributed by atoms with Gasteiger partial charge in [0, 0.05) is 6.26 Å². The van der Waals surface area contributed by atoms with Crippen molar-refractivity contribution in [2.24, 2.45) is 0 Å². The van der Waals surface area contributed by atoms with Crippen LogP contribution in [0.5, 0.6) is 0 Å². The summed E-state index contributed by atoms with van der Waals surface area (Å²) in [7, 11) is -3.68. The van der Waals surface area contributed by atoms with Crippen LogP contribution in [-0.4, -0.2) is 38.0 Å². The molecule has 2 rings (SSSR count). The van der Waals surface area contributed by atoms with Crippen LogP contribution in [0.2, 0.25) is 0 Å². The maximum atomic E-state index is 11.3. The third-order valence-electron chi connectivity index (χ3n) is 3.73. The molecule has 1 saturated heterocycles. The van der Waals surface area contributed by atoms with Gasteiger partial charge in [0.25, 0.3) is 0 Å². The van der Waals surface area contributed by atoms with E-state index in [9.17, 15) is 8.42 Å². The van der Waals surface area contributed by atoms with E-state index in [1.165, 1.54) is 6.26 Å². The van der Waals surface area contributed by atoms with E-state index in [0.717, 1.165) is 0 Å². The molecule has 1 aliphatic rings. The van der Waals surface area contributed by atoms with Gasteiger partial charge in [0.05, 0.1) is 28.2 Å². The van der Waals surface area contributed by atoms with Crippen LogP contribution >= 0.6 is 0 Å². The Hall–Kier alpha value is -0.915. The first kappa shape index (κ1) is 15.5. The van der Waals surface area contributed by atoms with Gasteiger partial charge in [-0.25, -0.2) is 8.42 Å². The Bertz CT molecular complexity index is 597. The number of pyridine rings is 1. The molecule has 2 heterocycles. The van der Waals surface area contributed by atoms with E-state index < -0.39 is 28.2 Å². The average molecular weight is 297 g/mol. The second kappa shape index (κ2) is 4.82. The lowest BCUT2D eigenvalue weighted by molar-refractivity contribution is 0.00578. The van der Waals surface area contributed by atoms with E-state index in [2.05, 4.69) is 4.98 Å². The lowest BCUT2D eigenvalue weighted by atomic mass is 9.84. The number of rotatable bonds is 3. The Morgan fingerprint density at radius 1 is 1.15 bits per heavy atom. The summed E-state index contributed by atoms with van der Waals surface area (Å²) in [6.07, 6.45) is 1.19. The fraction of sp³-hybridized carbons (Fsp3) is 0.615. The summed E-state index contributed by atoms with van der Waals surface area (Å²) >= 11 is 0. The predicted octanol–water partition coefficient (Wildman–Crippen LogP) is 0.925. The summed E-state index contributed by atoms with van der Waals surface area (Å²) in [6.45, 7) is 7.86. The largest absolute Gasteiger partial charge is 0.514 e. The van der Waals surface area contributed by atoms with Gasteiger partial charge in [0.2, 0.25) is 0 Å². The zero-order valence-electron chi connectivity index (χ0n) is 12.5. The zero-order valence-corrected chi connectivity index (χ0v) is 13.3. The van der Waals surface area contributed by atoms with Crippen molar-refractivity contribution in [3.05, 3.63) is 23.9 Å². The first-order valence-electron chi connectivity index (χ1n) is 6.49. The Kier molecular flexibility index (Phi) is 3.73. The second-order valence-corrected chi connectivity index (χ2v) is 8.35. The van der Waals surface area contributed by atoms with E-state index in [4.69, 9.17) is 9.31 Å². The summed E-state index contributed by atoms with van der Waals surface area (Å²) in [5, 5.41) is 0. The molecule has 7 heteroatoms. The quantitative estimate of drug-likeness (QED) is 0.776. The van der Waals surface area contributed by atoms with Gasteiger partial charge in [0.15, 0.2) is 9.84 Å². The molecule has 0 radical (unpaired) electrons. The highest BCUT2D eigenvalue weighted by Gasteiger charge is 2.52. The molecule has 0 atom stereocenters. The number of aromatic nitrogens is 1. The van der Waals surface area contributed by atoms with Crippen molar-refractivity contribution in [1.82, 2.24) is 4.98 Å². The molecule has 1 aromatic rings. The van der Waals surface area contributed by atoms with E-state index in [0.29, 0.717) is 11.3 Å². The van der Waals surface area contributed by atoms with E-state index in [1.54, 1.807) is 18.2 Å². The first-order chi connectivity index (χ1) is 9.00. The average Bonchev–Trinajstić information content (AvgIpc) is 2.46. The second-order valence-electron chi connectivity index (χ2n) is 6.21. The minimum absolute atomic E-state index is 0.0830. The molecule has 5 nitrogen and oxygen atoms in total. The standard InChI is InChI=1S/C13H20BNO4S/c1-12(2)13(3,4)19-14(18-12)11-8-6-7-10(15-11)9-20(5,16)17/h6-8H,9H2,1-5H3. The summed E-state index contributed by atoms with van der Waals surface area (Å²) in [5.41, 5.74) is 0.225. The van der Waals surface area contributed by atoms with Gasteiger partial charge in [0.1, 0.15) is 0 Å². The summed E-state index contributed by atoms with van der Waals surface area (Å²) in [5.74, 6) is -0.0830. The molecule has 110 valence electrons. The van der Waals surface area contributed by atoms with E-state index in [1.807, 2.05) is 27.7 Å². The van der Waals surface area contributed by atoms with Crippen LogP contribution in [0.1, 0.15) is 33.4 Å². The molecule has 20 heavy (non-hydrogen) atoms. The van der Waals surface area contributed by atoms with Crippen LogP contribution in [0, 0.1) is 0 Å². The third kappa shape index (κ3) is 3.21. The van der Waals surface area contributed by atoms with Crippen LogP contribution in [0.4, 0.5) is 0 Å². The number of hydrogen-bond acceptors (Lipinski definition) is 5. The molecule has 0 aromatic carbocycles. The van der Waals surface area contributed by atoms with Crippen molar-refractivity contribution in [2.75, 3.05) is 6.26 Å². The predicted molar refractivity (Wildman–Crippen MR) is 78.5 cm³/mol. The van der Waals surface area contributed by atoms with Crippen molar-refractivity contribution in [3.8, 4) is 0 Å². The Balaban J connectivity index is 2.25. The van der Waals surface area contributed by atoms with Crippen LogP contribution in [0.15, 0.2) is 18.2 Å². The van der Waals surface area contributed by atoms with Crippen molar-refractivity contribution < 1.29 is 17.7 Å². The van der Waals surface area contributed by atoms with E-state index in [-0.39, 0.29) is 5.75 Å². The van der Waals surface area contributed by atoms with Gasteiger partial charge in [-0.05, 0) is 39.8 Å². The Morgan fingerprint density at radius 2 is 1.70 bits per heavy atom. The van der Waals surface area contributed by atoms with Crippen LogP contribution in [-0.2, 0) is 24.9 Å². The Labute approximate surface area is 120 Å². The van der Waals surface area contributed by atoms with Gasteiger partial charge < -0.3 is 9.31 Å². The maximum absolute atomic E-state index is 11.3. The zero-order chi connectivity index (χ0) is 15.2. The molecule has 1 fully saturated rings. The van der Waals surface area contributed by atoms with Gasteiger partial charge in [-0.15, -0.1) is 0 Å². The minimum atomic E-state index is -3.11. The molecule has 0 saturated carbocycles. The molecule has 1 aromatic heterocycles. The number of nitrogens with zero attached hydrogens (tertiary/aromatic N) is 1. The molecule has 0 unspecified atom stereocenters. The molecular weight excluding hydrogens is 277 g/mol. The van der Waals surface area contributed by atoms with Crippen LogP contribution in [0.3, 0.4) is 0 Å². The molecule has 0 spiro atoms. The highest BCUT2D eigenvalue weighted by atomic mass is 32.2. The lowest BCUT2D eigenvalue weighted by Crippen LogP contribution is -2.41. The number of hydrogen-bond donors (Lipinski definition) is 0. The lowest BCUT2D eigenvalue weighted by Gasteiger charge is -2.32. The van der Waals surface area contributed by atoms with Gasteiger partial charge in [-0.1, -0.05) is 6.07 Å². The fourth-order valence-electron chi connectivity index (χ4n) is 1.94. The normalized spacial score (nSPS) is 21.1. The van der Waals surface area contributed by atoms with E-state index >= 15 is 0 Å². The fourth-order valence-corrected chi connectivity index (χ4v) is 2.64. The summed E-state index contributed by atoms with van der Waals surface area (Å²) in [6, 6.07) is 5.25. The summed E-state index contributed by atoms with van der Waals surface area (Å²) in [4.78, 5) is 4.34. The molecule has 0 aliphatic carbocycles. The highest BCUT2D eigenvalue weighted by molar-refractivity contribution is 7.89. The van der Waals surface area contributed by atoms with Gasteiger partial charge >= 0.3 is 7.12 Å². The van der Waals surface area contributed by atoms with Gasteiger partial charge in [-0.2, -0.15) is 0 Å². The monoisotopic (exact) mass is 297 g/mol. The van der Waals surface area contributed by atoms with Gasteiger partial charge in [-0.3, -0.25) is 4.98 Å². The van der Waals surface area contributed by atoms with Crippen molar-refractivity contribution in [2.45, 2.75) is 44.6 Å². The maximum Gasteiger partial charge on any atom is 0.514 e. The molecule has 0 N–H and O–H groups in total. The van der Waals surface area contributed by atoms with Crippen molar-refractivity contribution >= 4 is 22.5 Å². The van der Waals surface area contributed by atoms with Crippen LogP contribution in [0.25, 0.3) is 0 Å².